The Morgan fingerprint density at radius 2 is 2.29 bits per heavy atom. The predicted octanol–water partition coefficient (Wildman–Crippen LogP) is 0.384. The van der Waals surface area contributed by atoms with Gasteiger partial charge in [-0.3, -0.25) is 4.79 Å². The normalized spacial score (nSPS) is 12.8. The number of fused-ring (bicyclic) bond motifs is 1. The third-order valence-corrected chi connectivity index (χ3v) is 3.28. The van der Waals surface area contributed by atoms with Gasteiger partial charge in [0, 0.05) is 10.0 Å². The van der Waals surface area contributed by atoms with Crippen LogP contribution in [0.3, 0.4) is 0 Å². The summed E-state index contributed by atoms with van der Waals surface area (Å²) in [5.41, 5.74) is 3.13. The number of nitrogens with one attached hydrogen (secondary N) is 2. The SMILES string of the molecule is O=C(Cc1nn[nH]n1)N/N=C\c1cc2c(cc1Br)OCO2. The van der Waals surface area contributed by atoms with E-state index in [-0.39, 0.29) is 19.1 Å². The number of benzene rings is 1. The molecule has 3 rings (SSSR count). The summed E-state index contributed by atoms with van der Waals surface area (Å²) in [4.78, 5) is 11.6. The molecule has 0 aliphatic carbocycles. The Hall–Kier alpha value is -2.49. The molecule has 0 bridgehead atoms. The van der Waals surface area contributed by atoms with Crippen LogP contribution in [0.25, 0.3) is 0 Å². The molecule has 10 heteroatoms. The van der Waals surface area contributed by atoms with E-state index in [9.17, 15) is 4.79 Å². The van der Waals surface area contributed by atoms with Gasteiger partial charge in [-0.2, -0.15) is 10.3 Å². The molecule has 1 aliphatic rings. The first-order chi connectivity index (χ1) is 10.2. The summed E-state index contributed by atoms with van der Waals surface area (Å²) in [5.74, 6) is 1.26. The van der Waals surface area contributed by atoms with E-state index in [2.05, 4.69) is 47.1 Å². The van der Waals surface area contributed by atoms with Crippen LogP contribution in [0.15, 0.2) is 21.7 Å². The second-order valence-corrected chi connectivity index (χ2v) is 4.88. The number of amides is 1. The third-order valence-electron chi connectivity index (χ3n) is 2.59. The first kappa shape index (κ1) is 13.5. The van der Waals surface area contributed by atoms with Crippen LogP contribution in [0.1, 0.15) is 11.4 Å². The highest BCUT2D eigenvalue weighted by Gasteiger charge is 2.15. The summed E-state index contributed by atoms with van der Waals surface area (Å²) in [6.07, 6.45) is 1.50. The van der Waals surface area contributed by atoms with E-state index in [1.54, 1.807) is 12.1 Å². The Morgan fingerprint density at radius 3 is 3.05 bits per heavy atom. The molecule has 2 heterocycles. The number of tetrazole rings is 1. The number of carbonyl (C=O) groups is 1. The van der Waals surface area contributed by atoms with Crippen molar-refractivity contribution in [1.82, 2.24) is 26.0 Å². The smallest absolute Gasteiger partial charge is 0.247 e. The van der Waals surface area contributed by atoms with E-state index in [0.29, 0.717) is 17.3 Å². The van der Waals surface area contributed by atoms with Crippen LogP contribution in [0.4, 0.5) is 0 Å². The molecule has 1 aromatic heterocycles. The molecule has 9 nitrogen and oxygen atoms in total. The average molecular weight is 353 g/mol. The summed E-state index contributed by atoms with van der Waals surface area (Å²) < 4.78 is 11.3. The molecule has 1 aromatic carbocycles. The molecule has 21 heavy (non-hydrogen) atoms. The molecule has 1 aliphatic heterocycles. The lowest BCUT2D eigenvalue weighted by atomic mass is 10.2. The van der Waals surface area contributed by atoms with Crippen LogP contribution in [-0.2, 0) is 11.2 Å². The van der Waals surface area contributed by atoms with Crippen molar-refractivity contribution >= 4 is 28.1 Å². The molecule has 0 radical (unpaired) electrons. The van der Waals surface area contributed by atoms with Gasteiger partial charge in [0.25, 0.3) is 0 Å². The fourth-order valence-corrected chi connectivity index (χ4v) is 2.07. The van der Waals surface area contributed by atoms with Crippen molar-refractivity contribution in [3.8, 4) is 11.5 Å². The molecular weight excluding hydrogens is 344 g/mol. The molecule has 0 atom stereocenters. The van der Waals surface area contributed by atoms with Crippen molar-refractivity contribution in [2.24, 2.45) is 5.10 Å². The fourth-order valence-electron chi connectivity index (χ4n) is 1.65. The fraction of sp³-hybridized carbons (Fsp3) is 0.182. The van der Waals surface area contributed by atoms with Gasteiger partial charge in [0.05, 0.1) is 12.6 Å². The molecule has 0 saturated heterocycles. The summed E-state index contributed by atoms with van der Waals surface area (Å²) in [5, 5.41) is 16.9. The topological polar surface area (TPSA) is 114 Å². The van der Waals surface area contributed by atoms with Crippen LogP contribution in [0.5, 0.6) is 11.5 Å². The van der Waals surface area contributed by atoms with Gasteiger partial charge in [0.2, 0.25) is 12.7 Å². The lowest BCUT2D eigenvalue weighted by molar-refractivity contribution is -0.120. The van der Waals surface area contributed by atoms with Gasteiger partial charge in [-0.25, -0.2) is 5.43 Å². The number of hydrogen-bond acceptors (Lipinski definition) is 7. The number of rotatable bonds is 4. The number of ether oxygens (including phenoxy) is 2. The molecule has 0 saturated carbocycles. The summed E-state index contributed by atoms with van der Waals surface area (Å²) >= 11 is 3.39. The lowest BCUT2D eigenvalue weighted by Gasteiger charge is -2.01. The summed E-state index contributed by atoms with van der Waals surface area (Å²) in [7, 11) is 0. The van der Waals surface area contributed by atoms with Gasteiger partial charge in [0.1, 0.15) is 0 Å². The van der Waals surface area contributed by atoms with Gasteiger partial charge in [-0.05, 0) is 28.1 Å². The minimum atomic E-state index is -0.343. The lowest BCUT2D eigenvalue weighted by Crippen LogP contribution is -2.20. The maximum atomic E-state index is 11.6. The number of aromatic amines is 1. The monoisotopic (exact) mass is 352 g/mol. The van der Waals surface area contributed by atoms with Gasteiger partial charge in [0.15, 0.2) is 17.3 Å². The number of H-pyrrole nitrogens is 1. The molecular formula is C11H9BrN6O3. The molecule has 1 amide bonds. The van der Waals surface area contributed by atoms with Gasteiger partial charge >= 0.3 is 0 Å². The number of hydrogen-bond donors (Lipinski definition) is 2. The first-order valence-electron chi connectivity index (χ1n) is 5.86. The number of hydrazone groups is 1. The van der Waals surface area contributed by atoms with Crippen LogP contribution in [-0.4, -0.2) is 39.5 Å². The Labute approximate surface area is 126 Å². The quantitative estimate of drug-likeness (QED) is 0.607. The largest absolute Gasteiger partial charge is 0.454 e. The zero-order valence-corrected chi connectivity index (χ0v) is 12.1. The first-order valence-corrected chi connectivity index (χ1v) is 6.65. The Bertz CT molecular complexity index is 688. The summed E-state index contributed by atoms with van der Waals surface area (Å²) in [6.45, 7) is 0.198. The van der Waals surface area contributed by atoms with Crippen molar-refractivity contribution in [3.05, 3.63) is 28.0 Å². The molecule has 2 N–H and O–H groups in total. The maximum Gasteiger partial charge on any atom is 0.247 e. The Balaban J connectivity index is 1.62. The number of aromatic nitrogens is 4. The van der Waals surface area contributed by atoms with Crippen LogP contribution in [0.2, 0.25) is 0 Å². The van der Waals surface area contributed by atoms with E-state index in [1.165, 1.54) is 6.21 Å². The number of nitrogens with zero attached hydrogens (tertiary/aromatic N) is 4. The molecule has 0 spiro atoms. The standard InChI is InChI=1S/C11H9BrN6O3/c12-7-2-9-8(20-5-21-9)1-6(7)4-13-16-11(19)3-10-14-17-18-15-10/h1-2,4H,3,5H2,(H,16,19)(H,14,15,17,18)/b13-4-. The van der Waals surface area contributed by atoms with Crippen LogP contribution >= 0.6 is 15.9 Å². The highest BCUT2D eigenvalue weighted by Crippen LogP contribution is 2.36. The third kappa shape index (κ3) is 3.16. The molecule has 0 unspecified atom stereocenters. The molecule has 108 valence electrons. The van der Waals surface area contributed by atoms with Crippen molar-refractivity contribution < 1.29 is 14.3 Å². The Morgan fingerprint density at radius 1 is 1.48 bits per heavy atom. The minimum Gasteiger partial charge on any atom is -0.454 e. The predicted molar refractivity (Wildman–Crippen MR) is 73.9 cm³/mol. The van der Waals surface area contributed by atoms with Crippen LogP contribution < -0.4 is 14.9 Å². The highest BCUT2D eigenvalue weighted by atomic mass is 79.9. The highest BCUT2D eigenvalue weighted by molar-refractivity contribution is 9.10. The summed E-state index contributed by atoms with van der Waals surface area (Å²) in [6, 6.07) is 3.55. The minimum absolute atomic E-state index is 0.00382. The van der Waals surface area contributed by atoms with E-state index in [0.717, 1.165) is 10.0 Å². The maximum absolute atomic E-state index is 11.6. The second kappa shape index (κ2) is 5.87. The van der Waals surface area contributed by atoms with Crippen molar-refractivity contribution in [1.29, 1.82) is 0 Å². The van der Waals surface area contributed by atoms with Crippen molar-refractivity contribution in [3.63, 3.8) is 0 Å². The van der Waals surface area contributed by atoms with E-state index >= 15 is 0 Å². The van der Waals surface area contributed by atoms with Gasteiger partial charge in [-0.15, -0.1) is 10.2 Å². The van der Waals surface area contributed by atoms with Gasteiger partial charge < -0.3 is 9.47 Å². The van der Waals surface area contributed by atoms with Crippen LogP contribution in [0, 0.1) is 0 Å². The van der Waals surface area contributed by atoms with E-state index in [1.807, 2.05) is 0 Å². The van der Waals surface area contributed by atoms with E-state index < -0.39 is 0 Å². The number of halogens is 1. The Kier molecular flexibility index (Phi) is 3.77. The molecule has 2 aromatic rings. The second-order valence-electron chi connectivity index (χ2n) is 4.02. The van der Waals surface area contributed by atoms with Gasteiger partial charge in [-0.1, -0.05) is 5.21 Å². The molecule has 0 fully saturated rings. The number of carbonyl (C=O) groups excluding carboxylic acids is 1. The van der Waals surface area contributed by atoms with Crippen molar-refractivity contribution in [2.45, 2.75) is 6.42 Å². The zero-order valence-electron chi connectivity index (χ0n) is 10.5. The van der Waals surface area contributed by atoms with E-state index in [4.69, 9.17) is 9.47 Å². The average Bonchev–Trinajstić information content (AvgIpc) is 3.10. The zero-order chi connectivity index (χ0) is 14.7. The van der Waals surface area contributed by atoms with Crippen molar-refractivity contribution in [2.75, 3.05) is 6.79 Å².